The van der Waals surface area contributed by atoms with Crippen LogP contribution in [0.15, 0.2) is 47.6 Å². The molecule has 4 saturated carbocycles. The second-order valence-electron chi connectivity index (χ2n) is 21.0. The van der Waals surface area contributed by atoms with Crippen molar-refractivity contribution in [3.05, 3.63) is 80.9 Å². The van der Waals surface area contributed by atoms with Crippen molar-refractivity contribution in [1.29, 1.82) is 0 Å². The van der Waals surface area contributed by atoms with Crippen molar-refractivity contribution in [2.45, 2.75) is 131 Å². The Balaban J connectivity index is 0.000000182. The summed E-state index contributed by atoms with van der Waals surface area (Å²) in [7, 11) is 4.18. The largest absolute Gasteiger partial charge is 0.508 e. The number of nitrogens with zero attached hydrogens (tertiary/aromatic N) is 2. The van der Waals surface area contributed by atoms with Crippen molar-refractivity contribution in [2.75, 3.05) is 66.7 Å². The number of aromatic hydroxyl groups is 2. The highest BCUT2D eigenvalue weighted by Gasteiger charge is 2.55. The van der Waals surface area contributed by atoms with E-state index in [0.717, 1.165) is 100 Å². The summed E-state index contributed by atoms with van der Waals surface area (Å²) in [5, 5.41) is 20.5. The molecule has 2 aromatic rings. The Kier molecular flexibility index (Phi) is 14.4. The van der Waals surface area contributed by atoms with E-state index in [1.54, 1.807) is 11.1 Å². The first-order valence-corrected chi connectivity index (χ1v) is 24.3. The van der Waals surface area contributed by atoms with Crippen LogP contribution in [0.4, 0.5) is 0 Å². The maximum absolute atomic E-state index is 10.2. The molecule has 6 nitrogen and oxygen atoms in total. The quantitative estimate of drug-likeness (QED) is 0.164. The molecule has 0 radical (unpaired) electrons. The van der Waals surface area contributed by atoms with Gasteiger partial charge in [-0.15, -0.1) is 0 Å². The van der Waals surface area contributed by atoms with Gasteiger partial charge in [-0.3, -0.25) is 0 Å². The number of hydrogen-bond acceptors (Lipinski definition) is 6. The summed E-state index contributed by atoms with van der Waals surface area (Å²) in [6, 6.07) is 8.70. The van der Waals surface area contributed by atoms with Crippen LogP contribution in [-0.4, -0.2) is 86.7 Å². The number of allylic oxidation sites excluding steroid dienone is 2. The van der Waals surface area contributed by atoms with Gasteiger partial charge < -0.3 is 29.5 Å². The first kappa shape index (κ1) is 45.4. The minimum Gasteiger partial charge on any atom is -0.508 e. The van der Waals surface area contributed by atoms with Gasteiger partial charge in [-0.2, -0.15) is 0 Å². The van der Waals surface area contributed by atoms with Crippen LogP contribution in [0.25, 0.3) is 0 Å². The zero-order valence-corrected chi connectivity index (χ0v) is 39.4. The lowest BCUT2D eigenvalue weighted by Gasteiger charge is -2.52. The third-order valence-electron chi connectivity index (χ3n) is 17.5. The highest BCUT2D eigenvalue weighted by atomic mass is 16.5. The Labute approximate surface area is 365 Å². The number of hydrogen-bond donors (Lipinski definition) is 2. The minimum absolute atomic E-state index is 0.348. The summed E-state index contributed by atoms with van der Waals surface area (Å²) in [5.74, 6) is 6.76. The lowest BCUT2D eigenvalue weighted by Crippen LogP contribution is -2.43. The molecule has 8 rings (SSSR count). The predicted octanol–water partition coefficient (Wildman–Crippen LogP) is 11.4. The average Bonchev–Trinajstić information content (AvgIpc) is 3.73. The zero-order valence-electron chi connectivity index (χ0n) is 39.4. The Morgan fingerprint density at radius 1 is 0.667 bits per heavy atom. The minimum atomic E-state index is 0.348. The number of benzene rings is 2. The fourth-order valence-electron chi connectivity index (χ4n) is 14.1. The second kappa shape index (κ2) is 19.0. The van der Waals surface area contributed by atoms with E-state index in [-0.39, 0.29) is 0 Å². The molecular weight excluding hydrogens is 741 g/mol. The van der Waals surface area contributed by atoms with Gasteiger partial charge in [-0.1, -0.05) is 77.0 Å². The Morgan fingerprint density at radius 3 is 1.52 bits per heavy atom. The number of fused-ring (bicyclic) bond motifs is 10. The predicted molar refractivity (Wildman–Crippen MR) is 248 cm³/mol. The number of phenols is 2. The SMILES string of the molecule is CCN(CC)CCOC/C=C1\CCC2C3C(CCC12C)c1cc(C)c(O)cc1C[C@H]3C.Cc1cc2c(cc1O)C[C@@H](C)C1C2CCC2(C)/C(=C/COCCN(C)C)CCC12. The molecule has 6 aliphatic rings. The third kappa shape index (κ3) is 8.93. The van der Waals surface area contributed by atoms with Crippen LogP contribution in [0.1, 0.15) is 138 Å². The standard InChI is InChI=1S/C28H43NO2.C26H39NO2/c1-6-29(7-2)13-15-31-14-11-22-8-9-25-27-20(4)16-21-18-26(30)19(3)17-24(21)23(27)10-12-28(22,25)5;1-17-15-22-19(16-24(17)28)14-18(2)25-21(22)8-10-26(3)20(6-7-23(25)26)9-12-29-13-11-27(4)5/h11,17-18,20,23,25,27,30H,6-10,12-16H2,1-5H3;9,15-16,18,21,23,25,28H,6-8,10-14H2,1-5H3/b22-11+;20-9+/t20-,23?,25?,27?,28?;18-,21?,23?,25?,26?/m11/s1. The van der Waals surface area contributed by atoms with E-state index in [9.17, 15) is 10.2 Å². The van der Waals surface area contributed by atoms with Crippen molar-refractivity contribution in [2.24, 2.45) is 46.3 Å². The first-order valence-electron chi connectivity index (χ1n) is 24.3. The van der Waals surface area contributed by atoms with E-state index in [2.05, 4.69) is 102 Å². The van der Waals surface area contributed by atoms with Crippen molar-refractivity contribution in [1.82, 2.24) is 9.80 Å². The molecular formula is C54H82N2O4. The molecule has 0 bridgehead atoms. The summed E-state index contributed by atoms with van der Waals surface area (Å²) in [6.07, 6.45) is 17.4. The second-order valence-corrected chi connectivity index (χ2v) is 21.0. The van der Waals surface area contributed by atoms with Crippen LogP contribution in [0.5, 0.6) is 11.5 Å². The molecule has 6 heteroatoms. The molecule has 0 amide bonds. The van der Waals surface area contributed by atoms with Crippen LogP contribution in [0.3, 0.4) is 0 Å². The summed E-state index contributed by atoms with van der Waals surface area (Å²) < 4.78 is 11.9. The molecule has 10 atom stereocenters. The summed E-state index contributed by atoms with van der Waals surface area (Å²) in [5.41, 5.74) is 12.0. The summed E-state index contributed by atoms with van der Waals surface area (Å²) in [4.78, 5) is 4.59. The molecule has 2 N–H and O–H groups in total. The molecule has 2 aromatic carbocycles. The van der Waals surface area contributed by atoms with Gasteiger partial charge in [-0.25, -0.2) is 0 Å². The molecule has 8 unspecified atom stereocenters. The topological polar surface area (TPSA) is 65.4 Å². The van der Waals surface area contributed by atoms with E-state index in [4.69, 9.17) is 9.47 Å². The van der Waals surface area contributed by atoms with E-state index in [1.165, 1.54) is 73.6 Å². The average molecular weight is 823 g/mol. The summed E-state index contributed by atoms with van der Waals surface area (Å²) >= 11 is 0. The molecule has 0 aliphatic heterocycles. The number of likely N-dealkylation sites (N-methyl/N-ethyl adjacent to an activating group) is 2. The van der Waals surface area contributed by atoms with Crippen LogP contribution in [0, 0.1) is 60.2 Å². The van der Waals surface area contributed by atoms with Gasteiger partial charge in [0, 0.05) is 13.1 Å². The van der Waals surface area contributed by atoms with Gasteiger partial charge in [0.15, 0.2) is 0 Å². The smallest absolute Gasteiger partial charge is 0.118 e. The van der Waals surface area contributed by atoms with E-state index < -0.39 is 0 Å². The van der Waals surface area contributed by atoms with E-state index >= 15 is 0 Å². The number of rotatable bonds is 12. The van der Waals surface area contributed by atoms with Crippen molar-refractivity contribution in [3.8, 4) is 11.5 Å². The summed E-state index contributed by atoms with van der Waals surface area (Å²) in [6.45, 7) is 25.9. The first-order chi connectivity index (χ1) is 28.7. The maximum atomic E-state index is 10.2. The van der Waals surface area contributed by atoms with Gasteiger partial charge in [0.25, 0.3) is 0 Å². The van der Waals surface area contributed by atoms with Gasteiger partial charge >= 0.3 is 0 Å². The molecule has 4 fully saturated rings. The van der Waals surface area contributed by atoms with Crippen LogP contribution in [-0.2, 0) is 22.3 Å². The van der Waals surface area contributed by atoms with Crippen molar-refractivity contribution >= 4 is 0 Å². The van der Waals surface area contributed by atoms with Crippen molar-refractivity contribution < 1.29 is 19.7 Å². The molecule has 0 aromatic heterocycles. The van der Waals surface area contributed by atoms with Gasteiger partial charge in [0.2, 0.25) is 0 Å². The third-order valence-corrected chi connectivity index (χ3v) is 17.5. The van der Waals surface area contributed by atoms with E-state index in [0.29, 0.717) is 46.0 Å². The maximum Gasteiger partial charge on any atom is 0.118 e. The molecule has 332 valence electrons. The number of ether oxygens (including phenoxy) is 2. The Bertz CT molecular complexity index is 1860. The lowest BCUT2D eigenvalue weighted by molar-refractivity contribution is 0.0483. The van der Waals surface area contributed by atoms with E-state index in [1.807, 2.05) is 13.8 Å². The highest BCUT2D eigenvalue weighted by molar-refractivity contribution is 5.47. The van der Waals surface area contributed by atoms with Gasteiger partial charge in [-0.05, 0) is 209 Å². The zero-order chi connectivity index (χ0) is 42.9. The number of aryl methyl sites for hydroxylation is 2. The normalized spacial score (nSPS) is 34.1. The van der Waals surface area contributed by atoms with Crippen molar-refractivity contribution in [3.63, 3.8) is 0 Å². The highest BCUT2D eigenvalue weighted by Crippen LogP contribution is 2.65. The Morgan fingerprint density at radius 2 is 1.10 bits per heavy atom. The van der Waals surface area contributed by atoms with Gasteiger partial charge in [0.05, 0.1) is 26.4 Å². The fraction of sp³-hybridized carbons (Fsp3) is 0.704. The van der Waals surface area contributed by atoms with Gasteiger partial charge in [0.1, 0.15) is 11.5 Å². The molecule has 0 saturated heterocycles. The fourth-order valence-corrected chi connectivity index (χ4v) is 14.1. The molecule has 0 heterocycles. The molecule has 0 spiro atoms. The van der Waals surface area contributed by atoms with Crippen LogP contribution in [0.2, 0.25) is 0 Å². The Hall–Kier alpha value is -2.64. The molecule has 60 heavy (non-hydrogen) atoms. The lowest BCUT2D eigenvalue weighted by atomic mass is 9.52. The molecule has 6 aliphatic carbocycles. The monoisotopic (exact) mass is 823 g/mol. The number of phenolic OH excluding ortho intramolecular Hbond substituents is 2. The van der Waals surface area contributed by atoms with Crippen LogP contribution < -0.4 is 0 Å². The van der Waals surface area contributed by atoms with Crippen LogP contribution >= 0.6 is 0 Å².